The third-order valence-corrected chi connectivity index (χ3v) is 2.51. The molecule has 0 radical (unpaired) electrons. The van der Waals surface area contributed by atoms with Crippen LogP contribution in [0.25, 0.3) is 0 Å². The molecule has 0 N–H and O–H groups in total. The van der Waals surface area contributed by atoms with Crippen molar-refractivity contribution in [1.29, 1.82) is 5.26 Å². The molecule has 1 aromatic rings. The number of pyridine rings is 1. The molecule has 0 aromatic carbocycles. The molecule has 0 aliphatic heterocycles. The molecule has 14 heavy (non-hydrogen) atoms. The third-order valence-electron chi connectivity index (χ3n) is 1.62. The smallest absolute Gasteiger partial charge is 0.311 e. The third kappa shape index (κ3) is 2.30. The Morgan fingerprint density at radius 2 is 2.50 bits per heavy atom. The summed E-state index contributed by atoms with van der Waals surface area (Å²) in [6.07, 6.45) is 1.55. The molecule has 72 valence electrons. The van der Waals surface area contributed by atoms with E-state index in [9.17, 15) is 4.79 Å². The molecule has 1 rings (SSSR count). The highest BCUT2D eigenvalue weighted by molar-refractivity contribution is 9.10. The molecular formula is C9H7BrN2O2. The fourth-order valence-corrected chi connectivity index (χ4v) is 1.37. The van der Waals surface area contributed by atoms with E-state index in [1.165, 1.54) is 13.3 Å². The highest BCUT2D eigenvalue weighted by Gasteiger charge is 2.10. The summed E-state index contributed by atoms with van der Waals surface area (Å²) in [6.45, 7) is 0. The van der Waals surface area contributed by atoms with E-state index >= 15 is 0 Å². The molecular weight excluding hydrogens is 248 g/mol. The SMILES string of the molecule is COC(=O)Cc1nccc(C#N)c1Br. The number of hydrogen-bond acceptors (Lipinski definition) is 4. The van der Waals surface area contributed by atoms with Crippen LogP contribution in [0.1, 0.15) is 11.3 Å². The van der Waals surface area contributed by atoms with Crippen molar-refractivity contribution in [3.63, 3.8) is 0 Å². The number of nitrogens with zero attached hydrogens (tertiary/aromatic N) is 2. The van der Waals surface area contributed by atoms with E-state index in [1.54, 1.807) is 6.07 Å². The zero-order chi connectivity index (χ0) is 10.6. The monoisotopic (exact) mass is 254 g/mol. The molecule has 0 saturated heterocycles. The summed E-state index contributed by atoms with van der Waals surface area (Å²) in [5.74, 6) is -0.381. The van der Waals surface area contributed by atoms with E-state index in [4.69, 9.17) is 5.26 Å². The van der Waals surface area contributed by atoms with Crippen LogP contribution in [-0.4, -0.2) is 18.1 Å². The van der Waals surface area contributed by atoms with Gasteiger partial charge in [0, 0.05) is 6.20 Å². The predicted octanol–water partition coefficient (Wildman–Crippen LogP) is 1.43. The van der Waals surface area contributed by atoms with Crippen LogP contribution in [0.2, 0.25) is 0 Å². The molecule has 4 nitrogen and oxygen atoms in total. The lowest BCUT2D eigenvalue weighted by Gasteiger charge is -2.02. The molecule has 0 aliphatic carbocycles. The normalized spacial score (nSPS) is 9.21. The average molecular weight is 255 g/mol. The minimum absolute atomic E-state index is 0.0621. The Morgan fingerprint density at radius 1 is 1.79 bits per heavy atom. The molecule has 5 heteroatoms. The molecule has 0 aliphatic rings. The van der Waals surface area contributed by atoms with E-state index in [2.05, 4.69) is 25.7 Å². The van der Waals surface area contributed by atoms with Crippen molar-refractivity contribution in [2.45, 2.75) is 6.42 Å². The van der Waals surface area contributed by atoms with Gasteiger partial charge in [0.1, 0.15) is 6.07 Å². The summed E-state index contributed by atoms with van der Waals surface area (Å²) in [4.78, 5) is 14.9. The van der Waals surface area contributed by atoms with Gasteiger partial charge in [-0.2, -0.15) is 5.26 Å². The van der Waals surface area contributed by atoms with Gasteiger partial charge in [-0.05, 0) is 22.0 Å². The summed E-state index contributed by atoms with van der Waals surface area (Å²) in [5.41, 5.74) is 0.967. The van der Waals surface area contributed by atoms with Crippen LogP contribution in [0.4, 0.5) is 0 Å². The molecule has 1 heterocycles. The van der Waals surface area contributed by atoms with Crippen LogP contribution in [0.15, 0.2) is 16.7 Å². The number of hydrogen-bond donors (Lipinski definition) is 0. The van der Waals surface area contributed by atoms with Crippen molar-refractivity contribution in [3.8, 4) is 6.07 Å². The van der Waals surface area contributed by atoms with Gasteiger partial charge in [-0.15, -0.1) is 0 Å². The second-order valence-corrected chi connectivity index (χ2v) is 3.28. The topological polar surface area (TPSA) is 63.0 Å². The second kappa shape index (κ2) is 4.72. The van der Waals surface area contributed by atoms with Crippen molar-refractivity contribution >= 4 is 21.9 Å². The first kappa shape index (κ1) is 10.7. The van der Waals surface area contributed by atoms with E-state index < -0.39 is 0 Å². The van der Waals surface area contributed by atoms with Gasteiger partial charge in [-0.3, -0.25) is 9.78 Å². The van der Waals surface area contributed by atoms with Crippen LogP contribution >= 0.6 is 15.9 Å². The molecule has 1 aromatic heterocycles. The number of carbonyl (C=O) groups excluding carboxylic acids is 1. The number of aromatic nitrogens is 1. The van der Waals surface area contributed by atoms with Crippen LogP contribution in [-0.2, 0) is 16.0 Å². The lowest BCUT2D eigenvalue weighted by molar-refractivity contribution is -0.139. The van der Waals surface area contributed by atoms with Gasteiger partial charge in [-0.25, -0.2) is 0 Å². The highest BCUT2D eigenvalue weighted by atomic mass is 79.9. The van der Waals surface area contributed by atoms with Gasteiger partial charge in [-0.1, -0.05) is 0 Å². The molecule has 0 atom stereocenters. The minimum Gasteiger partial charge on any atom is -0.469 e. The Labute approximate surface area is 89.6 Å². The van der Waals surface area contributed by atoms with Gasteiger partial charge in [0.2, 0.25) is 0 Å². The van der Waals surface area contributed by atoms with E-state index in [0.717, 1.165) is 0 Å². The number of nitriles is 1. The lowest BCUT2D eigenvalue weighted by Crippen LogP contribution is -2.07. The highest BCUT2D eigenvalue weighted by Crippen LogP contribution is 2.19. The average Bonchev–Trinajstić information content (AvgIpc) is 2.21. The summed E-state index contributed by atoms with van der Waals surface area (Å²) in [6, 6.07) is 3.56. The first-order chi connectivity index (χ1) is 6.69. The Balaban J connectivity index is 2.99. The molecule has 0 saturated carbocycles. The van der Waals surface area contributed by atoms with Gasteiger partial charge in [0.05, 0.1) is 29.3 Å². The molecule has 0 amide bonds. The predicted molar refractivity (Wildman–Crippen MR) is 52.4 cm³/mol. The molecule has 0 unspecified atom stereocenters. The van der Waals surface area contributed by atoms with Crippen molar-refractivity contribution < 1.29 is 9.53 Å². The summed E-state index contributed by atoms with van der Waals surface area (Å²) in [7, 11) is 1.31. The van der Waals surface area contributed by atoms with Gasteiger partial charge >= 0.3 is 5.97 Å². The first-order valence-corrected chi connectivity index (χ1v) is 4.58. The summed E-state index contributed by atoms with van der Waals surface area (Å²) in [5, 5.41) is 8.71. The van der Waals surface area contributed by atoms with Gasteiger partial charge < -0.3 is 4.74 Å². The van der Waals surface area contributed by atoms with Crippen molar-refractivity contribution in [2.24, 2.45) is 0 Å². The van der Waals surface area contributed by atoms with E-state index in [-0.39, 0.29) is 12.4 Å². The Morgan fingerprint density at radius 3 is 3.07 bits per heavy atom. The maximum Gasteiger partial charge on any atom is 0.311 e. The van der Waals surface area contributed by atoms with E-state index in [1.807, 2.05) is 6.07 Å². The van der Waals surface area contributed by atoms with E-state index in [0.29, 0.717) is 15.7 Å². The maximum absolute atomic E-state index is 11.0. The minimum atomic E-state index is -0.381. The first-order valence-electron chi connectivity index (χ1n) is 3.79. The van der Waals surface area contributed by atoms with Crippen molar-refractivity contribution in [1.82, 2.24) is 4.98 Å². The number of ether oxygens (including phenoxy) is 1. The van der Waals surface area contributed by atoms with Crippen LogP contribution in [0.3, 0.4) is 0 Å². The van der Waals surface area contributed by atoms with Crippen LogP contribution in [0, 0.1) is 11.3 Å². The fraction of sp³-hybridized carbons (Fsp3) is 0.222. The Kier molecular flexibility index (Phi) is 3.60. The Bertz CT molecular complexity index is 398. The zero-order valence-corrected chi connectivity index (χ0v) is 9.04. The second-order valence-electron chi connectivity index (χ2n) is 2.48. The fourth-order valence-electron chi connectivity index (χ4n) is 0.906. The van der Waals surface area contributed by atoms with Gasteiger partial charge in [0.25, 0.3) is 0 Å². The number of halogens is 1. The maximum atomic E-state index is 11.0. The molecule has 0 bridgehead atoms. The van der Waals surface area contributed by atoms with Crippen molar-refractivity contribution in [3.05, 3.63) is 28.0 Å². The number of methoxy groups -OCH3 is 1. The van der Waals surface area contributed by atoms with Crippen LogP contribution in [0.5, 0.6) is 0 Å². The number of rotatable bonds is 2. The molecule has 0 spiro atoms. The molecule has 0 fully saturated rings. The van der Waals surface area contributed by atoms with Gasteiger partial charge in [0.15, 0.2) is 0 Å². The number of carbonyl (C=O) groups is 1. The quantitative estimate of drug-likeness (QED) is 0.750. The lowest BCUT2D eigenvalue weighted by atomic mass is 10.2. The summed E-state index contributed by atoms with van der Waals surface area (Å²) >= 11 is 3.21. The zero-order valence-electron chi connectivity index (χ0n) is 7.45. The van der Waals surface area contributed by atoms with Crippen LogP contribution < -0.4 is 0 Å². The largest absolute Gasteiger partial charge is 0.469 e. The standard InChI is InChI=1S/C9H7BrN2O2/c1-14-8(13)4-7-9(10)6(5-11)2-3-12-7/h2-3H,4H2,1H3. The Hall–Kier alpha value is -1.41. The van der Waals surface area contributed by atoms with Crippen molar-refractivity contribution in [2.75, 3.05) is 7.11 Å². The number of esters is 1. The summed E-state index contributed by atoms with van der Waals surface area (Å²) < 4.78 is 5.05.